The summed E-state index contributed by atoms with van der Waals surface area (Å²) in [5.41, 5.74) is 0.153. The number of rotatable bonds is 10. The summed E-state index contributed by atoms with van der Waals surface area (Å²) in [6.45, 7) is 8.39. The fourth-order valence-electron chi connectivity index (χ4n) is 2.49. The van der Waals surface area contributed by atoms with Crippen molar-refractivity contribution in [3.8, 4) is 0 Å². The van der Waals surface area contributed by atoms with Crippen molar-refractivity contribution in [1.29, 1.82) is 0 Å². The molecule has 0 aliphatic heterocycles. The van der Waals surface area contributed by atoms with E-state index in [9.17, 15) is 19.2 Å². The lowest BCUT2D eigenvalue weighted by Crippen LogP contribution is -2.51. The number of hydrogen-bond acceptors (Lipinski definition) is 6. The summed E-state index contributed by atoms with van der Waals surface area (Å²) in [5, 5.41) is 7.40. The summed E-state index contributed by atoms with van der Waals surface area (Å²) >= 11 is 0. The molecular formula is C22H33N3O6. The van der Waals surface area contributed by atoms with Crippen LogP contribution in [-0.4, -0.2) is 48.6 Å². The molecule has 3 amide bonds. The van der Waals surface area contributed by atoms with E-state index in [1.807, 2.05) is 44.2 Å². The van der Waals surface area contributed by atoms with Crippen molar-refractivity contribution < 1.29 is 28.7 Å². The molecule has 0 aliphatic carbocycles. The van der Waals surface area contributed by atoms with Crippen LogP contribution in [0.2, 0.25) is 0 Å². The van der Waals surface area contributed by atoms with Gasteiger partial charge in [0.05, 0.1) is 0 Å². The van der Waals surface area contributed by atoms with Gasteiger partial charge < -0.3 is 25.4 Å². The second-order valence-electron chi connectivity index (χ2n) is 8.47. The van der Waals surface area contributed by atoms with Gasteiger partial charge in [0.2, 0.25) is 11.8 Å². The molecule has 0 aliphatic rings. The topological polar surface area (TPSA) is 123 Å². The van der Waals surface area contributed by atoms with Gasteiger partial charge in [0.25, 0.3) is 0 Å². The summed E-state index contributed by atoms with van der Waals surface area (Å²) in [4.78, 5) is 48.2. The molecule has 172 valence electrons. The molecule has 1 rings (SSSR count). The molecule has 0 saturated carbocycles. The van der Waals surface area contributed by atoms with Crippen LogP contribution in [0.25, 0.3) is 0 Å². The molecule has 0 aromatic heterocycles. The minimum atomic E-state index is -0.852. The van der Waals surface area contributed by atoms with Crippen LogP contribution in [0.1, 0.15) is 46.6 Å². The normalized spacial score (nSPS) is 11.9. The highest BCUT2D eigenvalue weighted by Crippen LogP contribution is 2.07. The predicted molar refractivity (Wildman–Crippen MR) is 115 cm³/mol. The SMILES string of the molecule is CC(C)C[C@H](NC(=O)CNC(=O)OC(C)(C)C)C(=O)NCC(=O)OCc1ccccc1. The van der Waals surface area contributed by atoms with E-state index in [-0.39, 0.29) is 25.6 Å². The number of amides is 3. The van der Waals surface area contributed by atoms with Crippen LogP contribution in [0.3, 0.4) is 0 Å². The van der Waals surface area contributed by atoms with E-state index >= 15 is 0 Å². The third-order valence-electron chi connectivity index (χ3n) is 3.80. The lowest BCUT2D eigenvalue weighted by atomic mass is 10.0. The minimum absolute atomic E-state index is 0.109. The Bertz CT molecular complexity index is 743. The lowest BCUT2D eigenvalue weighted by Gasteiger charge is -2.21. The van der Waals surface area contributed by atoms with Crippen molar-refractivity contribution in [2.75, 3.05) is 13.1 Å². The number of alkyl carbamates (subject to hydrolysis) is 1. The summed E-state index contributed by atoms with van der Waals surface area (Å²) in [6, 6.07) is 8.33. The Labute approximate surface area is 183 Å². The third-order valence-corrected chi connectivity index (χ3v) is 3.80. The number of nitrogens with one attached hydrogen (secondary N) is 3. The molecule has 1 aromatic carbocycles. The zero-order valence-electron chi connectivity index (χ0n) is 18.8. The van der Waals surface area contributed by atoms with Gasteiger partial charge in [-0.25, -0.2) is 4.79 Å². The number of hydrogen-bond donors (Lipinski definition) is 3. The molecule has 1 aromatic rings. The van der Waals surface area contributed by atoms with Crippen LogP contribution in [0.4, 0.5) is 4.79 Å². The standard InChI is InChI=1S/C22H33N3O6/c1-15(2)11-17(25-18(26)12-24-21(29)31-22(3,4)5)20(28)23-13-19(27)30-14-16-9-7-6-8-10-16/h6-10,15,17H,11-14H2,1-5H3,(H,23,28)(H,24,29)(H,25,26)/t17-/m0/s1. The molecule has 3 N–H and O–H groups in total. The summed E-state index contributed by atoms with van der Waals surface area (Å²) in [7, 11) is 0. The first-order valence-electron chi connectivity index (χ1n) is 10.2. The van der Waals surface area contributed by atoms with E-state index < -0.39 is 35.5 Å². The fraction of sp³-hybridized carbons (Fsp3) is 0.545. The average Bonchev–Trinajstić information content (AvgIpc) is 2.67. The van der Waals surface area contributed by atoms with Crippen molar-refractivity contribution in [2.45, 2.75) is 59.3 Å². The second-order valence-corrected chi connectivity index (χ2v) is 8.47. The molecule has 0 bridgehead atoms. The predicted octanol–water partition coefficient (Wildman–Crippen LogP) is 1.90. The highest BCUT2D eigenvalue weighted by atomic mass is 16.6. The van der Waals surface area contributed by atoms with E-state index in [1.165, 1.54) is 0 Å². The largest absolute Gasteiger partial charge is 0.460 e. The van der Waals surface area contributed by atoms with Crippen LogP contribution in [0.5, 0.6) is 0 Å². The van der Waals surface area contributed by atoms with Gasteiger partial charge in [0.15, 0.2) is 0 Å². The highest BCUT2D eigenvalue weighted by molar-refractivity contribution is 5.90. The van der Waals surface area contributed by atoms with Gasteiger partial charge in [-0.15, -0.1) is 0 Å². The molecule has 0 fully saturated rings. The average molecular weight is 436 g/mol. The maximum Gasteiger partial charge on any atom is 0.408 e. The van der Waals surface area contributed by atoms with Gasteiger partial charge in [0, 0.05) is 0 Å². The molecule has 9 nitrogen and oxygen atoms in total. The Morgan fingerprint density at radius 3 is 2.19 bits per heavy atom. The number of carbonyl (C=O) groups excluding carboxylic acids is 4. The number of carbonyl (C=O) groups is 4. The third kappa shape index (κ3) is 12.2. The maximum absolute atomic E-state index is 12.5. The first-order valence-corrected chi connectivity index (χ1v) is 10.2. The Hall–Kier alpha value is -3.10. The van der Waals surface area contributed by atoms with Crippen molar-refractivity contribution in [2.24, 2.45) is 5.92 Å². The summed E-state index contributed by atoms with van der Waals surface area (Å²) in [6.07, 6.45) is -0.364. The number of ether oxygens (including phenoxy) is 2. The van der Waals surface area contributed by atoms with E-state index in [0.717, 1.165) is 5.56 Å². The highest BCUT2D eigenvalue weighted by Gasteiger charge is 2.23. The molecule has 31 heavy (non-hydrogen) atoms. The second kappa shape index (κ2) is 12.6. The Morgan fingerprint density at radius 2 is 1.61 bits per heavy atom. The Morgan fingerprint density at radius 1 is 0.968 bits per heavy atom. The van der Waals surface area contributed by atoms with E-state index in [0.29, 0.717) is 6.42 Å². The van der Waals surface area contributed by atoms with Gasteiger partial charge in [-0.3, -0.25) is 14.4 Å². The molecule has 9 heteroatoms. The van der Waals surface area contributed by atoms with Gasteiger partial charge in [0.1, 0.15) is 31.3 Å². The van der Waals surface area contributed by atoms with Gasteiger partial charge in [-0.2, -0.15) is 0 Å². The Kier molecular flexibility index (Phi) is 10.5. The zero-order valence-corrected chi connectivity index (χ0v) is 18.8. The number of benzene rings is 1. The monoisotopic (exact) mass is 435 g/mol. The summed E-state index contributed by atoms with van der Waals surface area (Å²) < 4.78 is 10.2. The van der Waals surface area contributed by atoms with Crippen LogP contribution in [0.15, 0.2) is 30.3 Å². The van der Waals surface area contributed by atoms with Crippen LogP contribution in [-0.2, 0) is 30.5 Å². The molecule has 0 radical (unpaired) electrons. The zero-order chi connectivity index (χ0) is 23.4. The van der Waals surface area contributed by atoms with Gasteiger partial charge >= 0.3 is 12.1 Å². The van der Waals surface area contributed by atoms with Crippen molar-refractivity contribution in [3.05, 3.63) is 35.9 Å². The van der Waals surface area contributed by atoms with Crippen molar-refractivity contribution in [3.63, 3.8) is 0 Å². The number of esters is 1. The fourth-order valence-corrected chi connectivity index (χ4v) is 2.49. The molecule has 0 heterocycles. The minimum Gasteiger partial charge on any atom is -0.460 e. The Balaban J connectivity index is 2.47. The lowest BCUT2D eigenvalue weighted by molar-refractivity contribution is -0.145. The molecular weight excluding hydrogens is 402 g/mol. The first-order chi connectivity index (χ1) is 14.5. The smallest absolute Gasteiger partial charge is 0.408 e. The summed E-state index contributed by atoms with van der Waals surface area (Å²) in [5.74, 6) is -1.52. The quantitative estimate of drug-likeness (QED) is 0.483. The molecule has 1 atom stereocenters. The molecule has 0 saturated heterocycles. The van der Waals surface area contributed by atoms with Crippen molar-refractivity contribution >= 4 is 23.9 Å². The van der Waals surface area contributed by atoms with Crippen LogP contribution >= 0.6 is 0 Å². The molecule has 0 spiro atoms. The maximum atomic E-state index is 12.5. The van der Waals surface area contributed by atoms with Crippen LogP contribution < -0.4 is 16.0 Å². The van der Waals surface area contributed by atoms with Crippen LogP contribution in [0, 0.1) is 5.92 Å². The van der Waals surface area contributed by atoms with Gasteiger partial charge in [-0.1, -0.05) is 44.2 Å². The van der Waals surface area contributed by atoms with Crippen molar-refractivity contribution in [1.82, 2.24) is 16.0 Å². The van der Waals surface area contributed by atoms with E-state index in [4.69, 9.17) is 9.47 Å². The van der Waals surface area contributed by atoms with E-state index in [1.54, 1.807) is 20.8 Å². The van der Waals surface area contributed by atoms with Gasteiger partial charge in [-0.05, 0) is 38.7 Å². The molecule has 0 unspecified atom stereocenters. The first kappa shape index (κ1) is 25.9. The van der Waals surface area contributed by atoms with E-state index in [2.05, 4.69) is 16.0 Å².